The topological polar surface area (TPSA) is 62.5 Å². The van der Waals surface area contributed by atoms with Gasteiger partial charge in [0.1, 0.15) is 0 Å². The van der Waals surface area contributed by atoms with Gasteiger partial charge in [0.25, 0.3) is 5.56 Å². The molecule has 21 heavy (non-hydrogen) atoms. The average molecular weight is 292 g/mol. The predicted molar refractivity (Wildman–Crippen MR) is 81.7 cm³/mol. The third-order valence-corrected chi connectivity index (χ3v) is 4.38. The summed E-state index contributed by atoms with van der Waals surface area (Å²) in [6.45, 7) is 8.92. The molecule has 0 amide bonds. The molecule has 1 aromatic rings. The molecular formula is C16H24N2O3. The molecule has 5 heteroatoms. The van der Waals surface area contributed by atoms with E-state index < -0.39 is 5.97 Å². The molecule has 0 saturated carbocycles. The molecule has 2 heterocycles. The summed E-state index contributed by atoms with van der Waals surface area (Å²) in [4.78, 5) is 25.9. The quantitative estimate of drug-likeness (QED) is 0.899. The second-order valence-corrected chi connectivity index (χ2v) is 5.76. The molecule has 0 spiro atoms. The first-order valence-corrected chi connectivity index (χ1v) is 7.68. The molecule has 2 rings (SSSR count). The van der Waals surface area contributed by atoms with Crippen molar-refractivity contribution < 1.29 is 9.90 Å². The molecule has 0 radical (unpaired) electrons. The summed E-state index contributed by atoms with van der Waals surface area (Å²) in [5.74, 6) is -0.953. The third kappa shape index (κ3) is 3.18. The first kappa shape index (κ1) is 15.8. The Hall–Kier alpha value is -1.62. The second-order valence-electron chi connectivity index (χ2n) is 5.76. The highest BCUT2D eigenvalue weighted by Crippen LogP contribution is 2.22. The molecule has 1 aromatic heterocycles. The number of hydrogen-bond donors (Lipinski definition) is 1. The Morgan fingerprint density at radius 2 is 2.14 bits per heavy atom. The number of nitrogens with zero attached hydrogens (tertiary/aromatic N) is 2. The van der Waals surface area contributed by atoms with Gasteiger partial charge in [0.05, 0.1) is 6.42 Å². The van der Waals surface area contributed by atoms with Crippen LogP contribution in [0.2, 0.25) is 0 Å². The Balaban J connectivity index is 2.57. The average Bonchev–Trinajstić information content (AvgIpc) is 2.46. The van der Waals surface area contributed by atoms with E-state index in [9.17, 15) is 9.59 Å². The molecular weight excluding hydrogens is 268 g/mol. The zero-order valence-corrected chi connectivity index (χ0v) is 13.1. The SMILES string of the molecule is CCC(C)n1c2c(cc(CC(=O)O)c1=O)CN(CC)CC2. The molecule has 0 aliphatic carbocycles. The van der Waals surface area contributed by atoms with E-state index in [1.165, 1.54) is 0 Å². The van der Waals surface area contributed by atoms with Crippen molar-refractivity contribution in [3.63, 3.8) is 0 Å². The highest BCUT2D eigenvalue weighted by Gasteiger charge is 2.23. The zero-order chi connectivity index (χ0) is 15.6. The van der Waals surface area contributed by atoms with Crippen LogP contribution in [0.1, 0.15) is 50.1 Å². The summed E-state index contributed by atoms with van der Waals surface area (Å²) >= 11 is 0. The van der Waals surface area contributed by atoms with Crippen LogP contribution in [0, 0.1) is 0 Å². The van der Waals surface area contributed by atoms with Crippen molar-refractivity contribution in [1.82, 2.24) is 9.47 Å². The van der Waals surface area contributed by atoms with Gasteiger partial charge in [-0.25, -0.2) is 0 Å². The molecule has 1 aliphatic rings. The Morgan fingerprint density at radius 3 is 2.71 bits per heavy atom. The molecule has 0 aromatic carbocycles. The molecule has 5 nitrogen and oxygen atoms in total. The van der Waals surface area contributed by atoms with E-state index in [-0.39, 0.29) is 18.0 Å². The van der Waals surface area contributed by atoms with Gasteiger partial charge in [-0.3, -0.25) is 14.5 Å². The number of likely N-dealkylation sites (N-methyl/N-ethyl adjacent to an activating group) is 1. The zero-order valence-electron chi connectivity index (χ0n) is 13.1. The van der Waals surface area contributed by atoms with Crippen LogP contribution in [-0.4, -0.2) is 33.6 Å². The van der Waals surface area contributed by atoms with Crippen LogP contribution >= 0.6 is 0 Å². The van der Waals surface area contributed by atoms with Crippen LogP contribution in [0.3, 0.4) is 0 Å². The molecule has 0 fully saturated rings. The van der Waals surface area contributed by atoms with Crippen LogP contribution in [0.25, 0.3) is 0 Å². The van der Waals surface area contributed by atoms with Crippen molar-refractivity contribution in [1.29, 1.82) is 0 Å². The maximum Gasteiger partial charge on any atom is 0.308 e. The van der Waals surface area contributed by atoms with Gasteiger partial charge in [0.2, 0.25) is 0 Å². The van der Waals surface area contributed by atoms with E-state index in [2.05, 4.69) is 18.7 Å². The summed E-state index contributed by atoms with van der Waals surface area (Å²) in [5, 5.41) is 9.02. The Morgan fingerprint density at radius 1 is 1.43 bits per heavy atom. The van der Waals surface area contributed by atoms with E-state index >= 15 is 0 Å². The molecule has 0 saturated heterocycles. The van der Waals surface area contributed by atoms with Crippen molar-refractivity contribution >= 4 is 5.97 Å². The van der Waals surface area contributed by atoms with E-state index in [0.717, 1.165) is 43.7 Å². The highest BCUT2D eigenvalue weighted by molar-refractivity contribution is 5.70. The summed E-state index contributed by atoms with van der Waals surface area (Å²) in [7, 11) is 0. The number of aromatic nitrogens is 1. The monoisotopic (exact) mass is 292 g/mol. The predicted octanol–water partition coefficient (Wildman–Crippen LogP) is 1.82. The fourth-order valence-corrected chi connectivity index (χ4v) is 3.00. The van der Waals surface area contributed by atoms with E-state index in [1.54, 1.807) is 0 Å². The van der Waals surface area contributed by atoms with Crippen LogP contribution in [0.15, 0.2) is 10.9 Å². The number of pyridine rings is 1. The summed E-state index contributed by atoms with van der Waals surface area (Å²) in [6, 6.07) is 1.92. The molecule has 0 bridgehead atoms. The Bertz CT molecular complexity index is 592. The van der Waals surface area contributed by atoms with E-state index in [0.29, 0.717) is 5.56 Å². The smallest absolute Gasteiger partial charge is 0.308 e. The van der Waals surface area contributed by atoms with Crippen molar-refractivity contribution in [3.8, 4) is 0 Å². The van der Waals surface area contributed by atoms with Crippen LogP contribution < -0.4 is 5.56 Å². The largest absolute Gasteiger partial charge is 0.481 e. The van der Waals surface area contributed by atoms with Crippen molar-refractivity contribution in [2.45, 2.75) is 52.6 Å². The minimum Gasteiger partial charge on any atom is -0.481 e. The molecule has 116 valence electrons. The van der Waals surface area contributed by atoms with Crippen LogP contribution in [0.5, 0.6) is 0 Å². The van der Waals surface area contributed by atoms with Crippen molar-refractivity contribution in [2.24, 2.45) is 0 Å². The summed E-state index contributed by atoms with van der Waals surface area (Å²) in [5.41, 5.74) is 2.47. The third-order valence-electron chi connectivity index (χ3n) is 4.38. The molecule has 1 aliphatic heterocycles. The molecule has 1 atom stereocenters. The van der Waals surface area contributed by atoms with Gasteiger partial charge in [0, 0.05) is 36.8 Å². The number of aliphatic carboxylic acids is 1. The normalized spacial score (nSPS) is 16.5. The fourth-order valence-electron chi connectivity index (χ4n) is 3.00. The summed E-state index contributed by atoms with van der Waals surface area (Å²) < 4.78 is 1.83. The van der Waals surface area contributed by atoms with Gasteiger partial charge in [-0.1, -0.05) is 13.8 Å². The van der Waals surface area contributed by atoms with Gasteiger partial charge < -0.3 is 9.67 Å². The first-order valence-electron chi connectivity index (χ1n) is 7.68. The Kier molecular flexibility index (Phi) is 4.83. The lowest BCUT2D eigenvalue weighted by atomic mass is 10.00. The number of carboxylic acids is 1. The van der Waals surface area contributed by atoms with Crippen LogP contribution in [0.4, 0.5) is 0 Å². The lowest BCUT2D eigenvalue weighted by Crippen LogP contribution is -2.38. The standard InChI is InChI=1S/C16H24N2O3/c1-4-11(3)18-14-6-7-17(5-2)10-13(14)8-12(16(18)21)9-15(19)20/h8,11H,4-7,9-10H2,1-3H3,(H,19,20). The van der Waals surface area contributed by atoms with Gasteiger partial charge in [-0.05, 0) is 31.5 Å². The number of rotatable bonds is 5. The van der Waals surface area contributed by atoms with Gasteiger partial charge >= 0.3 is 5.97 Å². The minimum absolute atomic E-state index is 0.105. The number of hydrogen-bond acceptors (Lipinski definition) is 3. The van der Waals surface area contributed by atoms with Crippen LogP contribution in [-0.2, 0) is 24.2 Å². The summed E-state index contributed by atoms with van der Waals surface area (Å²) in [6.07, 6.45) is 1.52. The lowest BCUT2D eigenvalue weighted by molar-refractivity contribution is -0.136. The van der Waals surface area contributed by atoms with E-state index in [4.69, 9.17) is 5.11 Å². The number of carboxylic acid groups (broad SMARTS) is 1. The maximum atomic E-state index is 12.6. The molecule has 1 N–H and O–H groups in total. The van der Waals surface area contributed by atoms with E-state index in [1.807, 2.05) is 17.6 Å². The van der Waals surface area contributed by atoms with Crippen molar-refractivity contribution in [2.75, 3.05) is 13.1 Å². The number of fused-ring (bicyclic) bond motifs is 1. The van der Waals surface area contributed by atoms with Gasteiger partial charge in [-0.15, -0.1) is 0 Å². The highest BCUT2D eigenvalue weighted by atomic mass is 16.4. The lowest BCUT2D eigenvalue weighted by Gasteiger charge is -2.31. The maximum absolute atomic E-state index is 12.6. The van der Waals surface area contributed by atoms with Gasteiger partial charge in [0.15, 0.2) is 0 Å². The Labute approximate surface area is 125 Å². The second kappa shape index (κ2) is 6.43. The minimum atomic E-state index is -0.953. The fraction of sp³-hybridized carbons (Fsp3) is 0.625. The number of carbonyl (C=O) groups is 1. The molecule has 1 unspecified atom stereocenters. The van der Waals surface area contributed by atoms with Gasteiger partial charge in [-0.2, -0.15) is 0 Å². The first-order chi connectivity index (χ1) is 9.97. The van der Waals surface area contributed by atoms with Crippen molar-refractivity contribution in [3.05, 3.63) is 33.2 Å².